The normalized spacial score (nSPS) is 11.2. The molecule has 21 heavy (non-hydrogen) atoms. The highest BCUT2D eigenvalue weighted by Crippen LogP contribution is 2.22. The van der Waals surface area contributed by atoms with Crippen LogP contribution in [0.3, 0.4) is 0 Å². The Balaban J connectivity index is 1.90. The number of aryl methyl sites for hydroxylation is 2. The van der Waals surface area contributed by atoms with Crippen LogP contribution in [0.25, 0.3) is 11.0 Å². The molecular formula is C16H13Cl2FN2. The standard InChI is InChI=1S/C16H13Cl2FN2/c17-10-16-20-14-9-12(18)3-6-15(14)21(16)8-7-11-1-4-13(19)5-2-11/h1-6,9H,7-8,10H2. The number of alkyl halides is 1. The molecule has 0 N–H and O–H groups in total. The maximum Gasteiger partial charge on any atom is 0.124 e. The summed E-state index contributed by atoms with van der Waals surface area (Å²) in [6.45, 7) is 0.742. The average Bonchev–Trinajstić information content (AvgIpc) is 2.83. The molecule has 0 bridgehead atoms. The van der Waals surface area contributed by atoms with Crippen molar-refractivity contribution in [3.05, 3.63) is 64.7 Å². The Hall–Kier alpha value is -1.58. The van der Waals surface area contributed by atoms with Crippen molar-refractivity contribution >= 4 is 34.2 Å². The van der Waals surface area contributed by atoms with Gasteiger partial charge in [0.25, 0.3) is 0 Å². The van der Waals surface area contributed by atoms with E-state index in [0.29, 0.717) is 10.9 Å². The molecule has 5 heteroatoms. The third kappa shape index (κ3) is 3.04. The van der Waals surface area contributed by atoms with Gasteiger partial charge in [0.05, 0.1) is 16.9 Å². The van der Waals surface area contributed by atoms with Crippen molar-refractivity contribution in [2.45, 2.75) is 18.8 Å². The van der Waals surface area contributed by atoms with E-state index < -0.39 is 0 Å². The molecule has 0 saturated carbocycles. The first-order valence-corrected chi connectivity index (χ1v) is 7.53. The van der Waals surface area contributed by atoms with Gasteiger partial charge in [0, 0.05) is 11.6 Å². The van der Waals surface area contributed by atoms with Crippen molar-refractivity contribution in [3.8, 4) is 0 Å². The van der Waals surface area contributed by atoms with Gasteiger partial charge in [0.1, 0.15) is 11.6 Å². The monoisotopic (exact) mass is 322 g/mol. The van der Waals surface area contributed by atoms with Crippen LogP contribution in [0.1, 0.15) is 11.4 Å². The third-order valence-corrected chi connectivity index (χ3v) is 3.92. The van der Waals surface area contributed by atoms with Crippen LogP contribution in [0.2, 0.25) is 5.02 Å². The number of fused-ring (bicyclic) bond motifs is 1. The first kappa shape index (κ1) is 14.4. The zero-order valence-corrected chi connectivity index (χ0v) is 12.7. The molecule has 0 fully saturated rings. The van der Waals surface area contributed by atoms with Crippen LogP contribution in [0.15, 0.2) is 42.5 Å². The van der Waals surface area contributed by atoms with E-state index in [2.05, 4.69) is 9.55 Å². The zero-order chi connectivity index (χ0) is 14.8. The summed E-state index contributed by atoms with van der Waals surface area (Å²) in [6.07, 6.45) is 0.790. The summed E-state index contributed by atoms with van der Waals surface area (Å²) in [6, 6.07) is 12.2. The Kier molecular flexibility index (Phi) is 4.13. The Labute approximate surface area is 132 Å². The molecule has 0 unspecified atom stereocenters. The number of aromatic nitrogens is 2. The van der Waals surface area contributed by atoms with E-state index in [1.807, 2.05) is 18.2 Å². The molecule has 0 aliphatic heterocycles. The Morgan fingerprint density at radius 2 is 1.86 bits per heavy atom. The molecule has 0 spiro atoms. The lowest BCUT2D eigenvalue weighted by atomic mass is 10.1. The Morgan fingerprint density at radius 1 is 1.10 bits per heavy atom. The van der Waals surface area contributed by atoms with Crippen molar-refractivity contribution < 1.29 is 4.39 Å². The number of rotatable bonds is 4. The number of hydrogen-bond acceptors (Lipinski definition) is 1. The SMILES string of the molecule is Fc1ccc(CCn2c(CCl)nc3cc(Cl)ccc32)cc1. The summed E-state index contributed by atoms with van der Waals surface area (Å²) in [7, 11) is 0. The molecular weight excluding hydrogens is 310 g/mol. The van der Waals surface area contributed by atoms with Crippen LogP contribution < -0.4 is 0 Å². The van der Waals surface area contributed by atoms with E-state index in [1.165, 1.54) is 12.1 Å². The third-order valence-electron chi connectivity index (χ3n) is 3.45. The maximum atomic E-state index is 12.9. The quantitative estimate of drug-likeness (QED) is 0.630. The number of halogens is 3. The van der Waals surface area contributed by atoms with Gasteiger partial charge in [-0.2, -0.15) is 0 Å². The first-order valence-electron chi connectivity index (χ1n) is 6.62. The summed E-state index contributed by atoms with van der Waals surface area (Å²) in [5.74, 6) is 0.939. The molecule has 0 aliphatic rings. The van der Waals surface area contributed by atoms with Crippen LogP contribution in [-0.2, 0) is 18.8 Å². The van der Waals surface area contributed by atoms with Crippen molar-refractivity contribution in [1.29, 1.82) is 0 Å². The number of benzene rings is 2. The largest absolute Gasteiger partial charge is 0.327 e. The molecule has 3 rings (SSSR count). The Bertz CT molecular complexity index is 766. The molecule has 0 saturated heterocycles. The molecule has 1 aromatic heterocycles. The Morgan fingerprint density at radius 3 is 2.57 bits per heavy atom. The minimum absolute atomic E-state index is 0.220. The first-order chi connectivity index (χ1) is 10.2. The maximum absolute atomic E-state index is 12.9. The average molecular weight is 323 g/mol. The van der Waals surface area contributed by atoms with Gasteiger partial charge in [-0.05, 0) is 42.3 Å². The van der Waals surface area contributed by atoms with E-state index in [0.717, 1.165) is 35.4 Å². The number of imidazole rings is 1. The topological polar surface area (TPSA) is 17.8 Å². The minimum Gasteiger partial charge on any atom is -0.327 e. The predicted molar refractivity (Wildman–Crippen MR) is 84.4 cm³/mol. The number of hydrogen-bond donors (Lipinski definition) is 0. The predicted octanol–water partition coefficient (Wildman–Crippen LogP) is 4.81. The van der Waals surface area contributed by atoms with Crippen molar-refractivity contribution in [1.82, 2.24) is 9.55 Å². The lowest BCUT2D eigenvalue weighted by Crippen LogP contribution is -2.05. The highest BCUT2D eigenvalue weighted by atomic mass is 35.5. The van der Waals surface area contributed by atoms with Gasteiger partial charge in [0.15, 0.2) is 0 Å². The fourth-order valence-electron chi connectivity index (χ4n) is 2.40. The van der Waals surface area contributed by atoms with E-state index in [1.54, 1.807) is 12.1 Å². The van der Waals surface area contributed by atoms with E-state index in [9.17, 15) is 4.39 Å². The fourth-order valence-corrected chi connectivity index (χ4v) is 2.77. The molecule has 3 aromatic rings. The van der Waals surface area contributed by atoms with E-state index >= 15 is 0 Å². The smallest absolute Gasteiger partial charge is 0.124 e. The van der Waals surface area contributed by atoms with Gasteiger partial charge in [-0.3, -0.25) is 0 Å². The summed E-state index contributed by atoms with van der Waals surface area (Å²) in [5.41, 5.74) is 2.93. The second-order valence-corrected chi connectivity index (χ2v) is 5.53. The van der Waals surface area contributed by atoms with Crippen molar-refractivity contribution in [3.63, 3.8) is 0 Å². The number of nitrogens with zero attached hydrogens (tertiary/aromatic N) is 2. The van der Waals surface area contributed by atoms with Gasteiger partial charge in [0.2, 0.25) is 0 Å². The minimum atomic E-state index is -0.220. The van der Waals surface area contributed by atoms with Gasteiger partial charge in [-0.15, -0.1) is 11.6 Å². The van der Waals surface area contributed by atoms with Gasteiger partial charge in [-0.25, -0.2) is 9.37 Å². The highest BCUT2D eigenvalue weighted by molar-refractivity contribution is 6.31. The summed E-state index contributed by atoms with van der Waals surface area (Å²) in [4.78, 5) is 4.50. The molecule has 2 aromatic carbocycles. The highest BCUT2D eigenvalue weighted by Gasteiger charge is 2.10. The van der Waals surface area contributed by atoms with Crippen LogP contribution in [0.4, 0.5) is 4.39 Å². The molecule has 1 heterocycles. The molecule has 0 aliphatic carbocycles. The van der Waals surface area contributed by atoms with Gasteiger partial charge in [-0.1, -0.05) is 23.7 Å². The molecule has 2 nitrogen and oxygen atoms in total. The van der Waals surface area contributed by atoms with Crippen molar-refractivity contribution in [2.24, 2.45) is 0 Å². The van der Waals surface area contributed by atoms with E-state index in [-0.39, 0.29) is 5.82 Å². The van der Waals surface area contributed by atoms with Crippen LogP contribution in [0.5, 0.6) is 0 Å². The summed E-state index contributed by atoms with van der Waals surface area (Å²) >= 11 is 12.0. The van der Waals surface area contributed by atoms with Crippen molar-refractivity contribution in [2.75, 3.05) is 0 Å². The van der Waals surface area contributed by atoms with Crippen LogP contribution in [0, 0.1) is 5.82 Å². The van der Waals surface area contributed by atoms with Gasteiger partial charge < -0.3 is 4.57 Å². The summed E-state index contributed by atoms with van der Waals surface area (Å²) in [5, 5.41) is 0.659. The van der Waals surface area contributed by atoms with Gasteiger partial charge >= 0.3 is 0 Å². The zero-order valence-electron chi connectivity index (χ0n) is 11.2. The molecule has 108 valence electrons. The second kappa shape index (κ2) is 6.04. The van der Waals surface area contributed by atoms with Crippen LogP contribution in [-0.4, -0.2) is 9.55 Å². The second-order valence-electron chi connectivity index (χ2n) is 4.82. The molecule has 0 atom stereocenters. The lowest BCUT2D eigenvalue weighted by Gasteiger charge is -2.08. The summed E-state index contributed by atoms with van der Waals surface area (Å²) < 4.78 is 15.0. The fraction of sp³-hybridized carbons (Fsp3) is 0.188. The lowest BCUT2D eigenvalue weighted by molar-refractivity contribution is 0.625. The van der Waals surface area contributed by atoms with E-state index in [4.69, 9.17) is 23.2 Å². The van der Waals surface area contributed by atoms with Crippen LogP contribution >= 0.6 is 23.2 Å². The molecule has 0 amide bonds. The molecule has 0 radical (unpaired) electrons.